The molecule has 0 aliphatic rings. The molecule has 2 aromatic rings. The van der Waals surface area contributed by atoms with Crippen LogP contribution in [0.1, 0.15) is 35.5 Å². The molecule has 1 aromatic carbocycles. The number of hydrogen-bond donors (Lipinski definition) is 1. The number of ether oxygens (including phenoxy) is 1. The van der Waals surface area contributed by atoms with Crippen LogP contribution in [0, 0.1) is 6.92 Å². The van der Waals surface area contributed by atoms with Gasteiger partial charge in [0, 0.05) is 22.7 Å². The molecule has 0 radical (unpaired) electrons. The smallest absolute Gasteiger partial charge is 0.254 e. The topological polar surface area (TPSA) is 71.5 Å². The lowest BCUT2D eigenvalue weighted by molar-refractivity contribution is -0.117. The van der Waals surface area contributed by atoms with E-state index in [9.17, 15) is 9.59 Å². The van der Waals surface area contributed by atoms with Crippen LogP contribution >= 0.6 is 11.3 Å². The molecule has 134 valence electrons. The molecule has 6 nitrogen and oxygen atoms in total. The third-order valence-corrected chi connectivity index (χ3v) is 4.71. The number of methoxy groups -OCH3 is 1. The summed E-state index contributed by atoms with van der Waals surface area (Å²) in [5.74, 6) is 0.155. The van der Waals surface area contributed by atoms with Gasteiger partial charge in [-0.15, -0.1) is 11.3 Å². The second-order valence-electron chi connectivity index (χ2n) is 5.75. The van der Waals surface area contributed by atoms with Crippen molar-refractivity contribution in [2.75, 3.05) is 19.0 Å². The van der Waals surface area contributed by atoms with Gasteiger partial charge in [-0.2, -0.15) is 0 Å². The molecule has 1 heterocycles. The molecule has 0 saturated carbocycles. The number of thiazole rings is 1. The van der Waals surface area contributed by atoms with E-state index in [2.05, 4.69) is 10.3 Å². The van der Waals surface area contributed by atoms with Crippen LogP contribution in [0.3, 0.4) is 0 Å². The number of aryl methyl sites for hydroxylation is 1. The van der Waals surface area contributed by atoms with Crippen molar-refractivity contribution >= 4 is 28.3 Å². The summed E-state index contributed by atoms with van der Waals surface area (Å²) in [6.45, 7) is 5.81. The number of carbonyl (C=O) groups is 2. The molecule has 2 rings (SSSR count). The molecular weight excluding hydrogens is 338 g/mol. The molecule has 1 atom stereocenters. The Morgan fingerprint density at radius 2 is 2.16 bits per heavy atom. The fourth-order valence-corrected chi connectivity index (χ4v) is 2.98. The van der Waals surface area contributed by atoms with Crippen molar-refractivity contribution in [2.45, 2.75) is 33.2 Å². The molecule has 0 spiro atoms. The van der Waals surface area contributed by atoms with Crippen LogP contribution < -0.4 is 10.1 Å². The number of benzene rings is 1. The highest BCUT2D eigenvalue weighted by Crippen LogP contribution is 2.18. The first-order valence-corrected chi connectivity index (χ1v) is 8.93. The van der Waals surface area contributed by atoms with Crippen molar-refractivity contribution in [2.24, 2.45) is 0 Å². The van der Waals surface area contributed by atoms with Crippen LogP contribution in [0.4, 0.5) is 5.13 Å². The number of aromatic nitrogens is 1. The first kappa shape index (κ1) is 18.9. The molecule has 0 fully saturated rings. The Labute approximate surface area is 151 Å². The van der Waals surface area contributed by atoms with Crippen LogP contribution in [-0.2, 0) is 4.79 Å². The van der Waals surface area contributed by atoms with Gasteiger partial charge in [-0.1, -0.05) is 13.0 Å². The number of hydrogen-bond acceptors (Lipinski definition) is 5. The van der Waals surface area contributed by atoms with Gasteiger partial charge < -0.3 is 15.0 Å². The summed E-state index contributed by atoms with van der Waals surface area (Å²) < 4.78 is 5.18. The first-order chi connectivity index (χ1) is 11.9. The number of nitrogens with zero attached hydrogens (tertiary/aromatic N) is 2. The maximum absolute atomic E-state index is 12.9. The summed E-state index contributed by atoms with van der Waals surface area (Å²) >= 11 is 1.40. The number of anilines is 1. The molecule has 0 bridgehead atoms. The molecule has 0 aliphatic carbocycles. The van der Waals surface area contributed by atoms with E-state index in [1.165, 1.54) is 11.3 Å². The van der Waals surface area contributed by atoms with Crippen LogP contribution in [-0.4, -0.2) is 41.4 Å². The summed E-state index contributed by atoms with van der Waals surface area (Å²) in [6, 6.07) is 6.88. The van der Waals surface area contributed by atoms with Crippen molar-refractivity contribution < 1.29 is 14.3 Å². The number of nitrogens with one attached hydrogen (secondary N) is 1. The monoisotopic (exact) mass is 361 g/mol. The maximum Gasteiger partial charge on any atom is 0.254 e. The Bertz CT molecular complexity index is 745. The SMILES string of the molecule is CCC(C)N(CC(=O)Nc1ncc(C)s1)C(=O)c1cccc(OC)c1. The van der Waals surface area contributed by atoms with Gasteiger partial charge in [0.15, 0.2) is 5.13 Å². The fourth-order valence-electron chi connectivity index (χ4n) is 2.30. The maximum atomic E-state index is 12.9. The van der Waals surface area contributed by atoms with E-state index in [4.69, 9.17) is 4.74 Å². The minimum atomic E-state index is -0.258. The third kappa shape index (κ3) is 5.03. The average molecular weight is 361 g/mol. The van der Waals surface area contributed by atoms with Crippen molar-refractivity contribution in [1.82, 2.24) is 9.88 Å². The molecule has 1 unspecified atom stereocenters. The fraction of sp³-hybridized carbons (Fsp3) is 0.389. The van der Waals surface area contributed by atoms with Crippen LogP contribution in [0.25, 0.3) is 0 Å². The predicted octanol–water partition coefficient (Wildman–Crippen LogP) is 3.34. The van der Waals surface area contributed by atoms with Crippen molar-refractivity contribution in [3.8, 4) is 5.75 Å². The number of amides is 2. The first-order valence-electron chi connectivity index (χ1n) is 8.12. The highest BCUT2D eigenvalue weighted by Gasteiger charge is 2.23. The third-order valence-electron chi connectivity index (χ3n) is 3.88. The summed E-state index contributed by atoms with van der Waals surface area (Å²) in [6.07, 6.45) is 2.45. The Morgan fingerprint density at radius 1 is 1.40 bits per heavy atom. The van der Waals surface area contributed by atoms with Crippen molar-refractivity contribution in [3.63, 3.8) is 0 Å². The zero-order valence-corrected chi connectivity index (χ0v) is 15.7. The van der Waals surface area contributed by atoms with Gasteiger partial charge in [0.1, 0.15) is 12.3 Å². The molecule has 1 N–H and O–H groups in total. The minimum Gasteiger partial charge on any atom is -0.497 e. The van der Waals surface area contributed by atoms with Crippen LogP contribution in [0.5, 0.6) is 5.75 Å². The van der Waals surface area contributed by atoms with E-state index in [1.807, 2.05) is 20.8 Å². The van der Waals surface area contributed by atoms with Crippen LogP contribution in [0.15, 0.2) is 30.5 Å². The second kappa shape index (κ2) is 8.62. The standard InChI is InChI=1S/C18H23N3O3S/c1-5-12(2)21(11-16(22)20-18-19-10-13(3)25-18)17(23)14-7-6-8-15(9-14)24-4/h6-10,12H,5,11H2,1-4H3,(H,19,20,22). The minimum absolute atomic E-state index is 0.0241. The van der Waals surface area contributed by atoms with E-state index in [1.54, 1.807) is 42.5 Å². The largest absolute Gasteiger partial charge is 0.497 e. The molecule has 1 aromatic heterocycles. The molecular formula is C18H23N3O3S. The molecule has 7 heteroatoms. The van der Waals surface area contributed by atoms with E-state index >= 15 is 0 Å². The highest BCUT2D eigenvalue weighted by atomic mass is 32.1. The lowest BCUT2D eigenvalue weighted by atomic mass is 10.1. The highest BCUT2D eigenvalue weighted by molar-refractivity contribution is 7.15. The van der Waals surface area contributed by atoms with Gasteiger partial charge in [0.25, 0.3) is 5.91 Å². The lowest BCUT2D eigenvalue weighted by Gasteiger charge is -2.28. The van der Waals surface area contributed by atoms with Gasteiger partial charge in [-0.3, -0.25) is 9.59 Å². The summed E-state index contributed by atoms with van der Waals surface area (Å²) in [4.78, 5) is 31.9. The van der Waals surface area contributed by atoms with Gasteiger partial charge in [-0.05, 0) is 38.5 Å². The van der Waals surface area contributed by atoms with Crippen molar-refractivity contribution in [3.05, 3.63) is 40.9 Å². The molecule has 25 heavy (non-hydrogen) atoms. The summed E-state index contributed by atoms with van der Waals surface area (Å²) in [5, 5.41) is 3.29. The van der Waals surface area contributed by atoms with E-state index in [-0.39, 0.29) is 24.4 Å². The van der Waals surface area contributed by atoms with E-state index < -0.39 is 0 Å². The number of rotatable bonds is 7. The molecule has 0 aliphatic heterocycles. The zero-order chi connectivity index (χ0) is 18.4. The van der Waals surface area contributed by atoms with Gasteiger partial charge in [0.2, 0.25) is 5.91 Å². The quantitative estimate of drug-likeness (QED) is 0.821. The Morgan fingerprint density at radius 3 is 2.76 bits per heavy atom. The van der Waals surface area contributed by atoms with Crippen molar-refractivity contribution in [1.29, 1.82) is 0 Å². The second-order valence-corrected chi connectivity index (χ2v) is 6.98. The Balaban J connectivity index is 2.14. The summed E-state index contributed by atoms with van der Waals surface area (Å²) in [5.41, 5.74) is 0.498. The predicted molar refractivity (Wildman–Crippen MR) is 99.3 cm³/mol. The van der Waals surface area contributed by atoms with Gasteiger partial charge in [0.05, 0.1) is 7.11 Å². The van der Waals surface area contributed by atoms with E-state index in [0.717, 1.165) is 11.3 Å². The van der Waals surface area contributed by atoms with E-state index in [0.29, 0.717) is 16.4 Å². The summed E-state index contributed by atoms with van der Waals surface area (Å²) in [7, 11) is 1.56. The Hall–Kier alpha value is -2.41. The Kier molecular flexibility index (Phi) is 6.52. The van der Waals surface area contributed by atoms with Gasteiger partial charge >= 0.3 is 0 Å². The van der Waals surface area contributed by atoms with Crippen LogP contribution in [0.2, 0.25) is 0 Å². The van der Waals surface area contributed by atoms with Gasteiger partial charge in [-0.25, -0.2) is 4.98 Å². The number of carbonyl (C=O) groups excluding carboxylic acids is 2. The average Bonchev–Trinajstić information content (AvgIpc) is 3.03. The normalized spacial score (nSPS) is 11.7. The zero-order valence-electron chi connectivity index (χ0n) is 14.9. The molecule has 2 amide bonds. The lowest BCUT2D eigenvalue weighted by Crippen LogP contribution is -2.43. The molecule has 0 saturated heterocycles.